The summed E-state index contributed by atoms with van der Waals surface area (Å²) in [6.45, 7) is 22.5. The molecular formula is C20H35NOSSi2. The first-order chi connectivity index (χ1) is 11.2. The molecule has 0 fully saturated rings. The van der Waals surface area contributed by atoms with Gasteiger partial charge in [-0.1, -0.05) is 40.4 Å². The number of rotatable bonds is 5. The first-order valence-corrected chi connectivity index (χ1v) is 16.3. The van der Waals surface area contributed by atoms with Gasteiger partial charge in [-0.15, -0.1) is 22.8 Å². The van der Waals surface area contributed by atoms with Gasteiger partial charge in [0.25, 0.3) is 0 Å². The average molecular weight is 394 g/mol. The molecule has 1 heterocycles. The second kappa shape index (κ2) is 8.34. The molecule has 0 radical (unpaired) electrons. The van der Waals surface area contributed by atoms with Gasteiger partial charge in [-0.25, -0.2) is 4.98 Å². The molecule has 5 heteroatoms. The Balaban J connectivity index is 3.09. The van der Waals surface area contributed by atoms with E-state index in [0.717, 1.165) is 17.1 Å². The fourth-order valence-corrected chi connectivity index (χ4v) is 4.55. The molecule has 1 rings (SSSR count). The van der Waals surface area contributed by atoms with Crippen LogP contribution in [0.15, 0.2) is 11.0 Å². The molecule has 0 aromatic carbocycles. The number of aromatic nitrogens is 1. The molecule has 0 spiro atoms. The van der Waals surface area contributed by atoms with E-state index < -0.39 is 16.4 Å². The molecule has 25 heavy (non-hydrogen) atoms. The highest BCUT2D eigenvalue weighted by Crippen LogP contribution is 2.38. The molecule has 0 saturated heterocycles. The van der Waals surface area contributed by atoms with Crippen molar-refractivity contribution >= 4 is 33.8 Å². The van der Waals surface area contributed by atoms with Crippen molar-refractivity contribution in [2.75, 3.05) is 0 Å². The molecule has 1 aromatic heterocycles. The Morgan fingerprint density at radius 3 is 2.32 bits per heavy atom. The maximum Gasteiger partial charge on any atom is 0.192 e. The Morgan fingerprint density at radius 1 is 1.28 bits per heavy atom. The molecule has 2 nitrogen and oxygen atoms in total. The summed E-state index contributed by atoms with van der Waals surface area (Å²) >= 11 is 1.69. The molecule has 1 aromatic rings. The van der Waals surface area contributed by atoms with Crippen molar-refractivity contribution in [3.05, 3.63) is 21.7 Å². The number of nitrogens with zero attached hydrogens (tertiary/aromatic N) is 1. The maximum atomic E-state index is 6.72. The minimum absolute atomic E-state index is 0.0479. The Kier molecular flexibility index (Phi) is 7.46. The van der Waals surface area contributed by atoms with E-state index in [9.17, 15) is 0 Å². The lowest BCUT2D eigenvalue weighted by molar-refractivity contribution is 0.220. The van der Waals surface area contributed by atoms with Crippen LogP contribution in [0.2, 0.25) is 37.8 Å². The lowest BCUT2D eigenvalue weighted by atomic mass is 10.1. The molecular weight excluding hydrogens is 358 g/mol. The van der Waals surface area contributed by atoms with Gasteiger partial charge < -0.3 is 4.43 Å². The minimum Gasteiger partial charge on any atom is -0.409 e. The summed E-state index contributed by atoms with van der Waals surface area (Å²) in [5, 5.41) is 3.39. The molecule has 140 valence electrons. The van der Waals surface area contributed by atoms with E-state index in [0.29, 0.717) is 0 Å². The van der Waals surface area contributed by atoms with E-state index in [1.54, 1.807) is 11.3 Å². The highest BCUT2D eigenvalue weighted by Gasteiger charge is 2.39. The van der Waals surface area contributed by atoms with Gasteiger partial charge in [0, 0.05) is 11.8 Å². The quantitative estimate of drug-likeness (QED) is 0.420. The summed E-state index contributed by atoms with van der Waals surface area (Å²) in [4.78, 5) is 4.57. The molecule has 0 aliphatic heterocycles. The fraction of sp³-hybridized carbons (Fsp3) is 0.650. The van der Waals surface area contributed by atoms with E-state index in [1.165, 1.54) is 5.57 Å². The van der Waals surface area contributed by atoms with Crippen LogP contribution in [-0.4, -0.2) is 27.5 Å². The summed E-state index contributed by atoms with van der Waals surface area (Å²) in [6.07, 6.45) is 2.98. The summed E-state index contributed by atoms with van der Waals surface area (Å²) in [5.74, 6) is 3.42. The van der Waals surface area contributed by atoms with E-state index in [4.69, 9.17) is 4.43 Å². The molecule has 0 amide bonds. The van der Waals surface area contributed by atoms with Crippen LogP contribution in [-0.2, 0) is 4.43 Å². The van der Waals surface area contributed by atoms with Crippen LogP contribution in [0, 0.1) is 18.4 Å². The van der Waals surface area contributed by atoms with Crippen molar-refractivity contribution < 1.29 is 4.43 Å². The van der Waals surface area contributed by atoms with Crippen LogP contribution in [0.25, 0.3) is 6.08 Å². The van der Waals surface area contributed by atoms with E-state index >= 15 is 0 Å². The molecule has 0 bridgehead atoms. The lowest BCUT2D eigenvalue weighted by Gasteiger charge is -2.39. The summed E-state index contributed by atoms with van der Waals surface area (Å²) in [7, 11) is -3.21. The van der Waals surface area contributed by atoms with Gasteiger partial charge in [0.1, 0.15) is 8.07 Å². The first-order valence-electron chi connectivity index (χ1n) is 8.99. The van der Waals surface area contributed by atoms with Crippen LogP contribution in [0.1, 0.15) is 44.8 Å². The van der Waals surface area contributed by atoms with Crippen LogP contribution in [0.3, 0.4) is 0 Å². The second-order valence-corrected chi connectivity index (χ2v) is 19.9. The molecule has 0 N–H and O–H groups in total. The van der Waals surface area contributed by atoms with Crippen LogP contribution in [0.5, 0.6) is 0 Å². The summed E-state index contributed by atoms with van der Waals surface area (Å²) in [6, 6.07) is 0. The highest BCUT2D eigenvalue weighted by atomic mass is 32.1. The lowest BCUT2D eigenvalue weighted by Crippen LogP contribution is -2.44. The Bertz CT molecular complexity index is 666. The number of hydrogen-bond acceptors (Lipinski definition) is 3. The van der Waals surface area contributed by atoms with Gasteiger partial charge in [0.15, 0.2) is 8.32 Å². The molecule has 0 aliphatic carbocycles. The molecule has 0 aliphatic rings. The van der Waals surface area contributed by atoms with Crippen LogP contribution < -0.4 is 0 Å². The van der Waals surface area contributed by atoms with E-state index in [-0.39, 0.29) is 11.1 Å². The third kappa shape index (κ3) is 7.61. The van der Waals surface area contributed by atoms with Crippen molar-refractivity contribution in [1.29, 1.82) is 0 Å². The number of aryl methyl sites for hydroxylation is 1. The maximum absolute atomic E-state index is 6.72. The van der Waals surface area contributed by atoms with Gasteiger partial charge in [0.2, 0.25) is 0 Å². The van der Waals surface area contributed by atoms with Crippen molar-refractivity contribution in [2.45, 2.75) is 84.9 Å². The molecule has 1 atom stereocenters. The normalized spacial score (nSPS) is 14.9. The third-order valence-electron chi connectivity index (χ3n) is 4.51. The van der Waals surface area contributed by atoms with Gasteiger partial charge in [-0.2, -0.15) is 0 Å². The zero-order valence-electron chi connectivity index (χ0n) is 17.7. The van der Waals surface area contributed by atoms with Crippen molar-refractivity contribution in [1.82, 2.24) is 4.98 Å². The predicted molar refractivity (Wildman–Crippen MR) is 118 cm³/mol. The Morgan fingerprint density at radius 2 is 1.88 bits per heavy atom. The minimum atomic E-state index is -1.85. The van der Waals surface area contributed by atoms with Crippen LogP contribution in [0.4, 0.5) is 0 Å². The standard InChI is InChI=1S/C20H35NOSSi2/c1-16(14-18-15-23-17(2)21-18)19(12-11-13-24(6,7)8)22-25(9,10)20(3,4)5/h14-15,19H,12H2,1-10H3/b16-14+/t19-/m0/s1. The number of hydrogen-bond donors (Lipinski definition) is 0. The SMILES string of the molecule is C/C(=C\c1csc(C)n1)[C@H](CC#C[Si](C)(C)C)O[Si](C)(C)C(C)(C)C. The van der Waals surface area contributed by atoms with Gasteiger partial charge in [-0.3, -0.25) is 0 Å². The van der Waals surface area contributed by atoms with Crippen molar-refractivity contribution in [2.24, 2.45) is 0 Å². The van der Waals surface area contributed by atoms with E-state index in [2.05, 4.69) is 88.3 Å². The summed E-state index contributed by atoms with van der Waals surface area (Å²) < 4.78 is 6.72. The van der Waals surface area contributed by atoms with E-state index in [1.807, 2.05) is 6.92 Å². The smallest absolute Gasteiger partial charge is 0.192 e. The zero-order valence-corrected chi connectivity index (χ0v) is 20.5. The van der Waals surface area contributed by atoms with Gasteiger partial charge >= 0.3 is 0 Å². The van der Waals surface area contributed by atoms with Gasteiger partial charge in [-0.05, 0) is 43.6 Å². The topological polar surface area (TPSA) is 22.1 Å². The predicted octanol–water partition coefficient (Wildman–Crippen LogP) is 6.52. The largest absolute Gasteiger partial charge is 0.409 e. The molecule has 0 saturated carbocycles. The average Bonchev–Trinajstić information content (AvgIpc) is 2.80. The first kappa shape index (κ1) is 22.4. The fourth-order valence-electron chi connectivity index (χ4n) is 2.01. The number of thiazole rings is 1. The van der Waals surface area contributed by atoms with Crippen LogP contribution >= 0.6 is 11.3 Å². The second-order valence-electron chi connectivity index (χ2n) is 9.30. The zero-order chi connectivity index (χ0) is 19.5. The van der Waals surface area contributed by atoms with Crippen molar-refractivity contribution in [3.63, 3.8) is 0 Å². The van der Waals surface area contributed by atoms with Gasteiger partial charge in [0.05, 0.1) is 16.8 Å². The monoisotopic (exact) mass is 393 g/mol. The third-order valence-corrected chi connectivity index (χ3v) is 10.7. The molecule has 0 unspecified atom stereocenters. The summed E-state index contributed by atoms with van der Waals surface area (Å²) in [5.41, 5.74) is 5.74. The van der Waals surface area contributed by atoms with Crippen molar-refractivity contribution in [3.8, 4) is 11.5 Å². The Hall–Kier alpha value is -0.676. The Labute approximate surface area is 161 Å². The highest BCUT2D eigenvalue weighted by molar-refractivity contribution is 7.09.